The van der Waals surface area contributed by atoms with Crippen LogP contribution in [0.25, 0.3) is 0 Å². The highest BCUT2D eigenvalue weighted by Crippen LogP contribution is 2.24. The highest BCUT2D eigenvalue weighted by atomic mass is 32.2. The summed E-state index contributed by atoms with van der Waals surface area (Å²) in [7, 11) is 0. The van der Waals surface area contributed by atoms with Crippen molar-refractivity contribution < 1.29 is 19.2 Å². The molecule has 0 spiro atoms. The Labute approximate surface area is 146 Å². The van der Waals surface area contributed by atoms with Crippen LogP contribution in [0.1, 0.15) is 55.5 Å². The summed E-state index contributed by atoms with van der Waals surface area (Å²) >= 11 is 1.50. The van der Waals surface area contributed by atoms with Crippen LogP contribution < -0.4 is 5.32 Å². The fraction of sp³-hybridized carbons (Fsp3) is 0.706. The first-order valence-electron chi connectivity index (χ1n) is 8.50. The molecular formula is C17H26N2O4S. The minimum Gasteiger partial charge on any atom is -0.481 e. The first kappa shape index (κ1) is 18.8. The lowest BCUT2D eigenvalue weighted by Crippen LogP contribution is -2.44. The van der Waals surface area contributed by atoms with Crippen molar-refractivity contribution in [2.75, 3.05) is 5.75 Å². The van der Waals surface area contributed by atoms with E-state index in [2.05, 4.69) is 10.5 Å². The largest absolute Gasteiger partial charge is 0.481 e. The van der Waals surface area contributed by atoms with E-state index in [0.717, 1.165) is 49.1 Å². The Balaban J connectivity index is 1.83. The first-order chi connectivity index (χ1) is 11.5. The lowest BCUT2D eigenvalue weighted by molar-refractivity contribution is -0.143. The molecule has 2 atom stereocenters. The van der Waals surface area contributed by atoms with Gasteiger partial charge in [0.15, 0.2) is 0 Å². The van der Waals surface area contributed by atoms with Gasteiger partial charge >= 0.3 is 5.97 Å². The van der Waals surface area contributed by atoms with Gasteiger partial charge in [-0.15, -0.1) is 11.8 Å². The third-order valence-corrected chi connectivity index (χ3v) is 5.55. The number of nitrogens with one attached hydrogen (secondary N) is 1. The van der Waals surface area contributed by atoms with Gasteiger partial charge in [-0.25, -0.2) is 0 Å². The fourth-order valence-corrected chi connectivity index (χ4v) is 4.14. The average Bonchev–Trinajstić information content (AvgIpc) is 2.81. The van der Waals surface area contributed by atoms with Crippen LogP contribution in [-0.2, 0) is 15.3 Å². The van der Waals surface area contributed by atoms with Crippen molar-refractivity contribution >= 4 is 23.6 Å². The smallest absolute Gasteiger partial charge is 0.308 e. The van der Waals surface area contributed by atoms with Gasteiger partial charge in [0.25, 0.3) is 0 Å². The molecule has 2 N–H and O–H groups in total. The zero-order chi connectivity index (χ0) is 17.5. The Morgan fingerprint density at radius 3 is 2.58 bits per heavy atom. The molecule has 7 heteroatoms. The van der Waals surface area contributed by atoms with E-state index in [1.807, 2.05) is 13.8 Å². The Morgan fingerprint density at radius 2 is 1.96 bits per heavy atom. The molecular weight excluding hydrogens is 328 g/mol. The third-order valence-electron chi connectivity index (χ3n) is 4.59. The molecule has 1 saturated carbocycles. The summed E-state index contributed by atoms with van der Waals surface area (Å²) < 4.78 is 5.11. The van der Waals surface area contributed by atoms with Crippen LogP contribution in [0, 0.1) is 19.8 Å². The minimum absolute atomic E-state index is 0.0939. The van der Waals surface area contributed by atoms with E-state index in [0.29, 0.717) is 17.9 Å². The summed E-state index contributed by atoms with van der Waals surface area (Å²) in [5.74, 6) is 0.399. The number of hydrogen-bond acceptors (Lipinski definition) is 5. The number of rotatable bonds is 6. The van der Waals surface area contributed by atoms with Crippen molar-refractivity contribution in [1.29, 1.82) is 0 Å². The molecule has 1 aromatic heterocycles. The Hall–Kier alpha value is -1.50. The molecule has 6 nitrogen and oxygen atoms in total. The lowest BCUT2D eigenvalue weighted by Gasteiger charge is -2.27. The molecule has 0 radical (unpaired) electrons. The molecule has 1 fully saturated rings. The van der Waals surface area contributed by atoms with Gasteiger partial charge in [-0.1, -0.05) is 30.8 Å². The number of aromatic nitrogens is 1. The molecule has 2 unspecified atom stereocenters. The number of carboxylic acids is 1. The minimum atomic E-state index is -0.800. The number of carbonyl (C=O) groups is 2. The van der Waals surface area contributed by atoms with Crippen molar-refractivity contribution in [2.45, 2.75) is 64.2 Å². The van der Waals surface area contributed by atoms with Crippen molar-refractivity contribution in [1.82, 2.24) is 10.5 Å². The Kier molecular flexibility index (Phi) is 7.15. The number of nitrogens with zero attached hydrogens (tertiary/aromatic N) is 1. The number of carbonyl (C=O) groups excluding carboxylic acids is 1. The van der Waals surface area contributed by atoms with E-state index < -0.39 is 11.9 Å². The molecule has 0 aromatic carbocycles. The highest BCUT2D eigenvalue weighted by molar-refractivity contribution is 7.99. The van der Waals surface area contributed by atoms with Crippen molar-refractivity contribution in [3.63, 3.8) is 0 Å². The first-order valence-corrected chi connectivity index (χ1v) is 9.66. The summed E-state index contributed by atoms with van der Waals surface area (Å²) in [6, 6.07) is -0.255. The van der Waals surface area contributed by atoms with E-state index in [-0.39, 0.29) is 11.9 Å². The molecule has 24 heavy (non-hydrogen) atoms. The van der Waals surface area contributed by atoms with Gasteiger partial charge in [-0.3, -0.25) is 9.59 Å². The molecule has 2 rings (SSSR count). The van der Waals surface area contributed by atoms with Crippen molar-refractivity contribution in [3.8, 4) is 0 Å². The maximum absolute atomic E-state index is 12.2. The van der Waals surface area contributed by atoms with E-state index in [9.17, 15) is 14.7 Å². The van der Waals surface area contributed by atoms with Crippen molar-refractivity contribution in [2.24, 2.45) is 5.92 Å². The SMILES string of the molecule is Cc1noc(C)c1CSCC(=O)NC1CCCCCCC1C(=O)O. The van der Waals surface area contributed by atoms with Gasteiger partial charge in [0.05, 0.1) is 17.4 Å². The molecule has 0 aliphatic heterocycles. The van der Waals surface area contributed by atoms with Crippen LogP contribution in [0.4, 0.5) is 0 Å². The fourth-order valence-electron chi connectivity index (χ4n) is 3.15. The topological polar surface area (TPSA) is 92.4 Å². The van der Waals surface area contributed by atoms with Crippen LogP contribution in [0.2, 0.25) is 0 Å². The standard InChI is InChI=1S/C17H26N2O4S/c1-11-14(12(2)23-19-11)9-24-10-16(20)18-15-8-6-4-3-5-7-13(15)17(21)22/h13,15H,3-10H2,1-2H3,(H,18,20)(H,21,22). The van der Waals surface area contributed by atoms with Gasteiger partial charge in [0.1, 0.15) is 5.76 Å². The van der Waals surface area contributed by atoms with E-state index in [4.69, 9.17) is 4.52 Å². The van der Waals surface area contributed by atoms with Crippen LogP contribution >= 0.6 is 11.8 Å². The van der Waals surface area contributed by atoms with Gasteiger partial charge in [-0.2, -0.15) is 0 Å². The van der Waals surface area contributed by atoms with Gasteiger partial charge in [0, 0.05) is 17.4 Å². The Bertz CT molecular complexity index is 553. The Morgan fingerprint density at radius 1 is 1.25 bits per heavy atom. The quantitative estimate of drug-likeness (QED) is 0.815. The van der Waals surface area contributed by atoms with Crippen LogP contribution in [0.15, 0.2) is 4.52 Å². The maximum Gasteiger partial charge on any atom is 0.308 e. The average molecular weight is 354 g/mol. The molecule has 134 valence electrons. The van der Waals surface area contributed by atoms with Gasteiger partial charge in [-0.05, 0) is 26.7 Å². The molecule has 1 amide bonds. The highest BCUT2D eigenvalue weighted by Gasteiger charge is 2.29. The predicted octanol–water partition coefficient (Wildman–Crippen LogP) is 3.06. The normalized spacial score (nSPS) is 21.8. The molecule has 1 heterocycles. The second-order valence-corrected chi connectivity index (χ2v) is 7.39. The van der Waals surface area contributed by atoms with E-state index in [1.54, 1.807) is 0 Å². The van der Waals surface area contributed by atoms with E-state index in [1.165, 1.54) is 11.8 Å². The molecule has 1 aliphatic carbocycles. The number of carboxylic acid groups (broad SMARTS) is 1. The molecule has 0 saturated heterocycles. The lowest BCUT2D eigenvalue weighted by atomic mass is 9.87. The number of thioether (sulfide) groups is 1. The van der Waals surface area contributed by atoms with Crippen LogP contribution in [-0.4, -0.2) is 33.9 Å². The van der Waals surface area contributed by atoms with Gasteiger partial charge in [0.2, 0.25) is 5.91 Å². The zero-order valence-electron chi connectivity index (χ0n) is 14.3. The monoisotopic (exact) mass is 354 g/mol. The summed E-state index contributed by atoms with van der Waals surface area (Å²) in [6.45, 7) is 3.75. The molecule has 1 aliphatic rings. The van der Waals surface area contributed by atoms with Crippen molar-refractivity contribution in [3.05, 3.63) is 17.0 Å². The number of aryl methyl sites for hydroxylation is 2. The second-order valence-electron chi connectivity index (χ2n) is 6.41. The van der Waals surface area contributed by atoms with E-state index >= 15 is 0 Å². The molecule has 0 bridgehead atoms. The number of hydrogen-bond donors (Lipinski definition) is 2. The maximum atomic E-state index is 12.2. The summed E-state index contributed by atoms with van der Waals surface area (Å²) in [5, 5.41) is 16.3. The molecule has 1 aromatic rings. The summed E-state index contributed by atoms with van der Waals surface area (Å²) in [6.07, 6.45) is 5.48. The summed E-state index contributed by atoms with van der Waals surface area (Å²) in [5.41, 5.74) is 1.88. The summed E-state index contributed by atoms with van der Waals surface area (Å²) in [4.78, 5) is 23.7. The van der Waals surface area contributed by atoms with Gasteiger partial charge < -0.3 is 14.9 Å². The zero-order valence-corrected chi connectivity index (χ0v) is 15.2. The van der Waals surface area contributed by atoms with Crippen LogP contribution in [0.3, 0.4) is 0 Å². The third kappa shape index (κ3) is 5.26. The second kappa shape index (κ2) is 9.11. The number of aliphatic carboxylic acids is 1. The van der Waals surface area contributed by atoms with Crippen LogP contribution in [0.5, 0.6) is 0 Å². The number of amides is 1. The predicted molar refractivity (Wildman–Crippen MR) is 92.9 cm³/mol.